The van der Waals surface area contributed by atoms with Gasteiger partial charge in [-0.2, -0.15) is 0 Å². The fraction of sp³-hybridized carbons (Fsp3) is 0.348. The van der Waals surface area contributed by atoms with Crippen LogP contribution in [0.25, 0.3) is 0 Å². The summed E-state index contributed by atoms with van der Waals surface area (Å²) in [6.07, 6.45) is 1.58. The van der Waals surface area contributed by atoms with Gasteiger partial charge in [0.1, 0.15) is 11.5 Å². The molecule has 2 aromatic heterocycles. The van der Waals surface area contributed by atoms with Crippen LogP contribution in [0.15, 0.2) is 63.6 Å². The number of hydrogen-bond acceptors (Lipinski definition) is 4. The molecule has 0 unspecified atom stereocenters. The molecule has 5 nitrogen and oxygen atoms in total. The fourth-order valence-corrected chi connectivity index (χ4v) is 2.88. The standard InChI is InChI=1S/C23H28N2O3/c1-17-7-9-18(10-8-17)15-25(23(2,3)4)16-20-11-12-21(28-20)22(26)24-14-19-6-5-13-27-19/h5-13H,14-16H2,1-4H3,(H,24,26). The van der Waals surface area contributed by atoms with Crippen molar-refractivity contribution in [2.75, 3.05) is 0 Å². The third kappa shape index (κ3) is 5.36. The van der Waals surface area contributed by atoms with Crippen LogP contribution in [-0.2, 0) is 19.6 Å². The van der Waals surface area contributed by atoms with Crippen LogP contribution in [0, 0.1) is 6.92 Å². The number of benzene rings is 1. The van der Waals surface area contributed by atoms with E-state index in [1.807, 2.05) is 12.1 Å². The van der Waals surface area contributed by atoms with Crippen LogP contribution in [0.4, 0.5) is 0 Å². The van der Waals surface area contributed by atoms with Crippen molar-refractivity contribution < 1.29 is 13.6 Å². The molecule has 0 spiro atoms. The molecule has 0 radical (unpaired) electrons. The van der Waals surface area contributed by atoms with Crippen LogP contribution in [0.2, 0.25) is 0 Å². The Bertz CT molecular complexity index is 887. The number of carbonyl (C=O) groups is 1. The van der Waals surface area contributed by atoms with E-state index in [-0.39, 0.29) is 11.4 Å². The molecule has 3 aromatic rings. The highest BCUT2D eigenvalue weighted by Crippen LogP contribution is 2.22. The first-order valence-corrected chi connectivity index (χ1v) is 9.51. The molecule has 2 heterocycles. The van der Waals surface area contributed by atoms with Gasteiger partial charge in [0.25, 0.3) is 5.91 Å². The molecule has 1 N–H and O–H groups in total. The minimum Gasteiger partial charge on any atom is -0.467 e. The summed E-state index contributed by atoms with van der Waals surface area (Å²) in [6.45, 7) is 10.4. The molecule has 5 heteroatoms. The smallest absolute Gasteiger partial charge is 0.287 e. The summed E-state index contributed by atoms with van der Waals surface area (Å²) in [5.41, 5.74) is 2.46. The summed E-state index contributed by atoms with van der Waals surface area (Å²) >= 11 is 0. The number of aryl methyl sites for hydroxylation is 1. The Balaban J connectivity index is 1.64. The van der Waals surface area contributed by atoms with Crippen LogP contribution >= 0.6 is 0 Å². The average Bonchev–Trinajstić information content (AvgIpc) is 3.32. The van der Waals surface area contributed by atoms with E-state index in [1.54, 1.807) is 18.4 Å². The van der Waals surface area contributed by atoms with Crippen molar-refractivity contribution >= 4 is 5.91 Å². The average molecular weight is 380 g/mol. The molecule has 0 aliphatic carbocycles. The summed E-state index contributed by atoms with van der Waals surface area (Å²) in [6, 6.07) is 15.8. The number of amides is 1. The first-order valence-electron chi connectivity index (χ1n) is 9.51. The lowest BCUT2D eigenvalue weighted by Crippen LogP contribution is -2.40. The van der Waals surface area contributed by atoms with E-state index in [2.05, 4.69) is 62.2 Å². The number of hydrogen-bond donors (Lipinski definition) is 1. The zero-order chi connectivity index (χ0) is 20.1. The first kappa shape index (κ1) is 20.0. The van der Waals surface area contributed by atoms with Gasteiger partial charge in [0.05, 0.1) is 19.4 Å². The topological polar surface area (TPSA) is 58.6 Å². The number of nitrogens with zero attached hydrogens (tertiary/aromatic N) is 1. The van der Waals surface area contributed by atoms with Gasteiger partial charge in [-0.1, -0.05) is 29.8 Å². The van der Waals surface area contributed by atoms with E-state index in [0.717, 1.165) is 12.3 Å². The summed E-state index contributed by atoms with van der Waals surface area (Å²) in [5.74, 6) is 1.54. The molecular weight excluding hydrogens is 352 g/mol. The fourth-order valence-electron chi connectivity index (χ4n) is 2.88. The quantitative estimate of drug-likeness (QED) is 0.633. The molecule has 0 saturated heterocycles. The van der Waals surface area contributed by atoms with Gasteiger partial charge < -0.3 is 14.2 Å². The van der Waals surface area contributed by atoms with Crippen LogP contribution < -0.4 is 5.32 Å². The highest BCUT2D eigenvalue weighted by atomic mass is 16.4. The summed E-state index contributed by atoms with van der Waals surface area (Å²) in [4.78, 5) is 14.6. The summed E-state index contributed by atoms with van der Waals surface area (Å²) in [5, 5.41) is 2.80. The monoisotopic (exact) mass is 380 g/mol. The van der Waals surface area contributed by atoms with Crippen molar-refractivity contribution in [2.45, 2.75) is 52.9 Å². The van der Waals surface area contributed by atoms with Crippen LogP contribution in [0.5, 0.6) is 0 Å². The molecule has 148 valence electrons. The zero-order valence-corrected chi connectivity index (χ0v) is 17.0. The number of nitrogens with one attached hydrogen (secondary N) is 1. The highest BCUT2D eigenvalue weighted by molar-refractivity contribution is 5.91. The Labute approximate surface area is 166 Å². The van der Waals surface area contributed by atoms with E-state index in [0.29, 0.717) is 24.6 Å². The molecule has 0 fully saturated rings. The Kier molecular flexibility index (Phi) is 6.05. The van der Waals surface area contributed by atoms with Gasteiger partial charge in [-0.05, 0) is 57.5 Å². The van der Waals surface area contributed by atoms with Crippen LogP contribution in [0.3, 0.4) is 0 Å². The zero-order valence-electron chi connectivity index (χ0n) is 17.0. The second-order valence-corrected chi connectivity index (χ2v) is 8.04. The molecular formula is C23H28N2O3. The lowest BCUT2D eigenvalue weighted by atomic mass is 10.0. The molecule has 1 amide bonds. The van der Waals surface area contributed by atoms with Crippen molar-refractivity contribution in [3.63, 3.8) is 0 Å². The Morgan fingerprint density at radius 1 is 1.00 bits per heavy atom. The molecule has 0 aliphatic rings. The van der Waals surface area contributed by atoms with Crippen molar-refractivity contribution in [2.24, 2.45) is 0 Å². The SMILES string of the molecule is Cc1ccc(CN(Cc2ccc(C(=O)NCc3ccco3)o2)C(C)(C)C)cc1. The lowest BCUT2D eigenvalue weighted by molar-refractivity contribution is 0.0901. The first-order chi connectivity index (χ1) is 13.3. The number of carbonyl (C=O) groups excluding carboxylic acids is 1. The summed E-state index contributed by atoms with van der Waals surface area (Å²) < 4.78 is 11.0. The van der Waals surface area contributed by atoms with E-state index in [9.17, 15) is 4.79 Å². The highest BCUT2D eigenvalue weighted by Gasteiger charge is 2.23. The predicted molar refractivity (Wildman–Crippen MR) is 109 cm³/mol. The number of furan rings is 2. The van der Waals surface area contributed by atoms with Gasteiger partial charge in [-0.15, -0.1) is 0 Å². The van der Waals surface area contributed by atoms with Gasteiger partial charge >= 0.3 is 0 Å². The van der Waals surface area contributed by atoms with E-state index >= 15 is 0 Å². The van der Waals surface area contributed by atoms with E-state index in [1.165, 1.54) is 11.1 Å². The van der Waals surface area contributed by atoms with Crippen LogP contribution in [0.1, 0.15) is 54.0 Å². The minimum absolute atomic E-state index is 0.0423. The molecule has 0 atom stereocenters. The maximum absolute atomic E-state index is 12.3. The Hall–Kier alpha value is -2.79. The summed E-state index contributed by atoms with van der Waals surface area (Å²) in [7, 11) is 0. The van der Waals surface area contributed by atoms with Gasteiger partial charge in [-0.3, -0.25) is 9.69 Å². The normalized spacial score (nSPS) is 11.8. The molecule has 0 saturated carbocycles. The third-order valence-corrected chi connectivity index (χ3v) is 4.68. The molecule has 28 heavy (non-hydrogen) atoms. The minimum atomic E-state index is -0.247. The second-order valence-electron chi connectivity index (χ2n) is 8.04. The predicted octanol–water partition coefficient (Wildman–Crippen LogP) is 4.91. The van der Waals surface area contributed by atoms with Crippen molar-refractivity contribution in [1.82, 2.24) is 10.2 Å². The largest absolute Gasteiger partial charge is 0.467 e. The molecule has 1 aromatic carbocycles. The van der Waals surface area contributed by atoms with Crippen molar-refractivity contribution in [1.29, 1.82) is 0 Å². The third-order valence-electron chi connectivity index (χ3n) is 4.68. The number of rotatable bonds is 7. The van der Waals surface area contributed by atoms with Gasteiger partial charge in [0.2, 0.25) is 0 Å². The molecule has 0 bridgehead atoms. The van der Waals surface area contributed by atoms with Gasteiger partial charge in [0.15, 0.2) is 5.76 Å². The van der Waals surface area contributed by atoms with Gasteiger partial charge in [-0.25, -0.2) is 0 Å². The Morgan fingerprint density at radius 3 is 2.39 bits per heavy atom. The van der Waals surface area contributed by atoms with E-state index in [4.69, 9.17) is 8.83 Å². The Morgan fingerprint density at radius 2 is 1.75 bits per heavy atom. The molecule has 3 rings (SSSR count). The van der Waals surface area contributed by atoms with Crippen molar-refractivity contribution in [3.8, 4) is 0 Å². The maximum Gasteiger partial charge on any atom is 0.287 e. The van der Waals surface area contributed by atoms with E-state index < -0.39 is 0 Å². The van der Waals surface area contributed by atoms with Gasteiger partial charge in [0, 0.05) is 12.1 Å². The lowest BCUT2D eigenvalue weighted by Gasteiger charge is -2.35. The molecule has 0 aliphatic heterocycles. The van der Waals surface area contributed by atoms with Crippen molar-refractivity contribution in [3.05, 3.63) is 83.2 Å². The van der Waals surface area contributed by atoms with Crippen LogP contribution in [-0.4, -0.2) is 16.3 Å². The maximum atomic E-state index is 12.3. The second kappa shape index (κ2) is 8.48.